The van der Waals surface area contributed by atoms with Gasteiger partial charge in [0.2, 0.25) is 5.91 Å². The highest BCUT2D eigenvalue weighted by atomic mass is 16.5. The van der Waals surface area contributed by atoms with Crippen LogP contribution in [0.4, 0.5) is 0 Å². The van der Waals surface area contributed by atoms with E-state index in [1.807, 2.05) is 66.7 Å². The first kappa shape index (κ1) is 16.1. The highest BCUT2D eigenvalue weighted by Gasteiger charge is 2.48. The number of rotatable bonds is 4. The van der Waals surface area contributed by atoms with Gasteiger partial charge in [0.25, 0.3) is 0 Å². The van der Waals surface area contributed by atoms with Gasteiger partial charge in [-0.15, -0.1) is 0 Å². The first-order chi connectivity index (χ1) is 11.6. The van der Waals surface area contributed by atoms with Gasteiger partial charge in [-0.25, -0.2) is 0 Å². The zero-order valence-electron chi connectivity index (χ0n) is 14.0. The van der Waals surface area contributed by atoms with Crippen molar-refractivity contribution in [1.29, 1.82) is 0 Å². The van der Waals surface area contributed by atoms with E-state index in [0.29, 0.717) is 17.8 Å². The van der Waals surface area contributed by atoms with Gasteiger partial charge in [0, 0.05) is 0 Å². The zero-order valence-corrected chi connectivity index (χ0v) is 14.0. The molecule has 0 aromatic heterocycles. The highest BCUT2D eigenvalue weighted by molar-refractivity contribution is 5.97. The van der Waals surface area contributed by atoms with Crippen LogP contribution in [0.2, 0.25) is 0 Å². The third kappa shape index (κ3) is 2.52. The fourth-order valence-electron chi connectivity index (χ4n) is 3.53. The van der Waals surface area contributed by atoms with Crippen molar-refractivity contribution in [3.05, 3.63) is 88.9 Å². The SMILES string of the molecule is CCC1(c2ccccc2)C(C(N)=O)=C(C)O/C1=C\c1ccccc1. The minimum atomic E-state index is -0.646. The smallest absolute Gasteiger partial charge is 0.249 e. The first-order valence-corrected chi connectivity index (χ1v) is 8.11. The third-order valence-corrected chi connectivity index (χ3v) is 4.60. The van der Waals surface area contributed by atoms with Crippen LogP contribution in [0.5, 0.6) is 0 Å². The Morgan fingerprint density at radius 1 is 1.08 bits per heavy atom. The molecule has 1 heterocycles. The number of benzene rings is 2. The second-order valence-electron chi connectivity index (χ2n) is 5.94. The van der Waals surface area contributed by atoms with E-state index >= 15 is 0 Å². The Morgan fingerprint density at radius 3 is 2.21 bits per heavy atom. The standard InChI is InChI=1S/C21H21NO2/c1-3-21(17-12-8-5-9-13-17)18(14-16-10-6-4-7-11-16)24-15(2)19(21)20(22)23/h4-14H,3H2,1-2H3,(H2,22,23)/b18-14-. The number of allylic oxidation sites excluding steroid dienone is 2. The summed E-state index contributed by atoms with van der Waals surface area (Å²) in [6, 6.07) is 19.9. The van der Waals surface area contributed by atoms with Crippen LogP contribution in [-0.2, 0) is 14.9 Å². The molecule has 0 saturated carbocycles. The Kier molecular flexibility index (Phi) is 4.26. The predicted octanol–water partition coefficient (Wildman–Crippen LogP) is 4.17. The van der Waals surface area contributed by atoms with Gasteiger partial charge >= 0.3 is 0 Å². The summed E-state index contributed by atoms with van der Waals surface area (Å²) in [5.74, 6) is 0.888. The summed E-state index contributed by atoms with van der Waals surface area (Å²) in [5.41, 5.74) is 7.66. The summed E-state index contributed by atoms with van der Waals surface area (Å²) >= 11 is 0. The van der Waals surface area contributed by atoms with Crippen LogP contribution in [0.3, 0.4) is 0 Å². The summed E-state index contributed by atoms with van der Waals surface area (Å²) in [4.78, 5) is 12.2. The maximum Gasteiger partial charge on any atom is 0.249 e. The molecule has 0 aliphatic carbocycles. The maximum absolute atomic E-state index is 12.2. The average Bonchev–Trinajstić information content (AvgIpc) is 2.89. The van der Waals surface area contributed by atoms with E-state index in [9.17, 15) is 4.79 Å². The molecule has 2 aromatic carbocycles. The lowest BCUT2D eigenvalue weighted by atomic mass is 9.70. The van der Waals surface area contributed by atoms with Crippen LogP contribution < -0.4 is 5.73 Å². The number of hydrogen-bond donors (Lipinski definition) is 1. The van der Waals surface area contributed by atoms with Crippen molar-refractivity contribution in [2.45, 2.75) is 25.7 Å². The molecule has 1 amide bonds. The lowest BCUT2D eigenvalue weighted by molar-refractivity contribution is -0.115. The molecule has 2 aromatic rings. The van der Waals surface area contributed by atoms with Crippen LogP contribution in [-0.4, -0.2) is 5.91 Å². The quantitative estimate of drug-likeness (QED) is 0.919. The van der Waals surface area contributed by atoms with Crippen LogP contribution in [0, 0.1) is 0 Å². The molecule has 0 bridgehead atoms. The summed E-state index contributed by atoms with van der Waals surface area (Å²) in [5, 5.41) is 0. The van der Waals surface area contributed by atoms with E-state index in [1.54, 1.807) is 6.92 Å². The van der Waals surface area contributed by atoms with Crippen molar-refractivity contribution in [2.24, 2.45) is 5.73 Å². The summed E-state index contributed by atoms with van der Waals surface area (Å²) in [7, 11) is 0. The molecular formula is C21H21NO2. The molecule has 0 radical (unpaired) electrons. The number of nitrogens with two attached hydrogens (primary N) is 1. The Bertz CT molecular complexity index is 806. The van der Waals surface area contributed by atoms with E-state index in [2.05, 4.69) is 6.92 Å². The largest absolute Gasteiger partial charge is 0.465 e. The van der Waals surface area contributed by atoms with Gasteiger partial charge in [-0.3, -0.25) is 4.79 Å². The van der Waals surface area contributed by atoms with Crippen LogP contribution in [0.15, 0.2) is 77.8 Å². The van der Waals surface area contributed by atoms with Crippen molar-refractivity contribution in [2.75, 3.05) is 0 Å². The average molecular weight is 319 g/mol. The molecule has 2 N–H and O–H groups in total. The Balaban J connectivity index is 2.24. The van der Waals surface area contributed by atoms with E-state index in [1.165, 1.54) is 0 Å². The number of amides is 1. The molecule has 122 valence electrons. The Hall–Kier alpha value is -2.81. The monoisotopic (exact) mass is 319 g/mol. The van der Waals surface area contributed by atoms with Crippen LogP contribution >= 0.6 is 0 Å². The normalized spacial score (nSPS) is 21.8. The fraction of sp³-hybridized carbons (Fsp3) is 0.190. The molecule has 1 aliphatic rings. The van der Waals surface area contributed by atoms with E-state index in [-0.39, 0.29) is 0 Å². The minimum Gasteiger partial charge on any atom is -0.465 e. The first-order valence-electron chi connectivity index (χ1n) is 8.11. The summed E-state index contributed by atoms with van der Waals surface area (Å²) in [6.45, 7) is 3.86. The van der Waals surface area contributed by atoms with Crippen molar-refractivity contribution < 1.29 is 9.53 Å². The zero-order chi connectivity index (χ0) is 17.2. The molecule has 0 fully saturated rings. The molecule has 0 saturated heterocycles. The minimum absolute atomic E-state index is 0.435. The molecule has 3 heteroatoms. The number of carbonyl (C=O) groups excluding carboxylic acids is 1. The fourth-order valence-corrected chi connectivity index (χ4v) is 3.53. The van der Waals surface area contributed by atoms with Gasteiger partial charge in [0.15, 0.2) is 0 Å². The van der Waals surface area contributed by atoms with Gasteiger partial charge in [0.1, 0.15) is 11.5 Å². The van der Waals surface area contributed by atoms with Gasteiger partial charge in [-0.05, 0) is 30.5 Å². The summed E-state index contributed by atoms with van der Waals surface area (Å²) < 4.78 is 6.04. The number of carbonyl (C=O) groups is 1. The number of ether oxygens (including phenoxy) is 1. The second-order valence-corrected chi connectivity index (χ2v) is 5.94. The van der Waals surface area contributed by atoms with E-state index < -0.39 is 11.3 Å². The van der Waals surface area contributed by atoms with Crippen LogP contribution in [0.25, 0.3) is 6.08 Å². The Morgan fingerprint density at radius 2 is 1.67 bits per heavy atom. The van der Waals surface area contributed by atoms with Crippen molar-refractivity contribution in [3.63, 3.8) is 0 Å². The van der Waals surface area contributed by atoms with Gasteiger partial charge in [0.05, 0.1) is 11.0 Å². The van der Waals surface area contributed by atoms with Crippen molar-refractivity contribution in [1.82, 2.24) is 0 Å². The van der Waals surface area contributed by atoms with E-state index in [0.717, 1.165) is 16.9 Å². The topological polar surface area (TPSA) is 52.3 Å². The molecule has 3 nitrogen and oxygen atoms in total. The third-order valence-electron chi connectivity index (χ3n) is 4.60. The maximum atomic E-state index is 12.2. The van der Waals surface area contributed by atoms with E-state index in [4.69, 9.17) is 10.5 Å². The number of primary amides is 1. The number of hydrogen-bond acceptors (Lipinski definition) is 2. The molecule has 3 rings (SSSR count). The van der Waals surface area contributed by atoms with Crippen LogP contribution in [0.1, 0.15) is 31.4 Å². The molecule has 1 atom stereocenters. The second kappa shape index (κ2) is 6.36. The predicted molar refractivity (Wildman–Crippen MR) is 95.8 cm³/mol. The van der Waals surface area contributed by atoms with Gasteiger partial charge in [-0.2, -0.15) is 0 Å². The highest BCUT2D eigenvalue weighted by Crippen LogP contribution is 2.50. The lowest BCUT2D eigenvalue weighted by Crippen LogP contribution is -2.34. The van der Waals surface area contributed by atoms with Crippen molar-refractivity contribution >= 4 is 12.0 Å². The summed E-state index contributed by atoms with van der Waals surface area (Å²) in [6.07, 6.45) is 2.68. The van der Waals surface area contributed by atoms with Gasteiger partial charge < -0.3 is 10.5 Å². The lowest BCUT2D eigenvalue weighted by Gasteiger charge is -2.30. The van der Waals surface area contributed by atoms with Crippen molar-refractivity contribution in [3.8, 4) is 0 Å². The molecule has 1 unspecified atom stereocenters. The molecule has 24 heavy (non-hydrogen) atoms. The molecule has 1 aliphatic heterocycles. The van der Waals surface area contributed by atoms with Gasteiger partial charge in [-0.1, -0.05) is 67.6 Å². The Labute approximate surface area is 142 Å². The molecule has 0 spiro atoms. The molecular weight excluding hydrogens is 298 g/mol.